The maximum Gasteiger partial charge on any atom is 0.134 e. The van der Waals surface area contributed by atoms with Gasteiger partial charge < -0.3 is 13.4 Å². The van der Waals surface area contributed by atoms with Crippen LogP contribution in [0.5, 0.6) is 0 Å². The third-order valence-corrected chi connectivity index (χ3v) is 9.16. The molecule has 5 heterocycles. The summed E-state index contributed by atoms with van der Waals surface area (Å²) in [5.41, 5.74) is 9.29. The second-order valence-electron chi connectivity index (χ2n) is 10.7. The quantitative estimate of drug-likeness (QED) is 0.202. The maximum atomic E-state index is 6.00. The van der Waals surface area contributed by atoms with E-state index in [9.17, 15) is 0 Å². The molecule has 0 bridgehead atoms. The lowest BCUT2D eigenvalue weighted by molar-refractivity contribution is 0.582. The summed E-state index contributed by atoms with van der Waals surface area (Å²) in [6, 6.07) is 41.8. The molecule has 0 atom stereocenters. The van der Waals surface area contributed by atoms with Gasteiger partial charge in [0.2, 0.25) is 0 Å². The molecule has 5 aromatic heterocycles. The predicted molar refractivity (Wildman–Crippen MR) is 178 cm³/mol. The first-order valence-electron chi connectivity index (χ1n) is 14.4. The van der Waals surface area contributed by atoms with Gasteiger partial charge in [-0.15, -0.1) is 11.3 Å². The topological polar surface area (TPSA) is 57.0 Å². The van der Waals surface area contributed by atoms with Crippen LogP contribution >= 0.6 is 11.3 Å². The van der Waals surface area contributed by atoms with Crippen molar-refractivity contribution in [2.75, 3.05) is 0 Å². The Morgan fingerprint density at radius 2 is 1.43 bits per heavy atom. The van der Waals surface area contributed by atoms with Gasteiger partial charge in [0.1, 0.15) is 16.5 Å². The molecular weight excluding hydrogens is 563 g/mol. The average molecular weight is 586 g/mol. The van der Waals surface area contributed by atoms with Gasteiger partial charge in [-0.1, -0.05) is 30.3 Å². The van der Waals surface area contributed by atoms with Crippen molar-refractivity contribution >= 4 is 43.4 Å². The van der Waals surface area contributed by atoms with Crippen molar-refractivity contribution in [1.29, 1.82) is 0 Å². The van der Waals surface area contributed by atoms with E-state index in [1.54, 1.807) is 23.9 Å². The Labute approximate surface area is 256 Å². The van der Waals surface area contributed by atoms with Gasteiger partial charge in [0.25, 0.3) is 0 Å². The van der Waals surface area contributed by atoms with Gasteiger partial charge in [-0.3, -0.25) is 4.98 Å². The number of nitrogens with zero attached hydrogens (tertiary/aromatic N) is 3. The zero-order valence-electron chi connectivity index (χ0n) is 23.3. The van der Waals surface area contributed by atoms with E-state index >= 15 is 0 Å². The minimum atomic E-state index is 0.807. The van der Waals surface area contributed by atoms with Crippen LogP contribution in [-0.4, -0.2) is 14.5 Å². The molecule has 0 N–H and O–H groups in total. The molecule has 6 heteroatoms. The SMILES string of the molecule is c1ccc(-c2cccc(-n3c4ccc(-c5ccco5)cc4c4cc(-c5ccco5)c(-c5nc6ccccc6s5)cc43)c2)nc1. The van der Waals surface area contributed by atoms with Crippen LogP contribution < -0.4 is 0 Å². The zero-order chi connectivity index (χ0) is 29.0. The summed E-state index contributed by atoms with van der Waals surface area (Å²) in [7, 11) is 0. The molecule has 0 aliphatic rings. The van der Waals surface area contributed by atoms with Crippen molar-refractivity contribution in [3.8, 4) is 50.2 Å². The Balaban J connectivity index is 1.37. The number of thiazole rings is 1. The summed E-state index contributed by atoms with van der Waals surface area (Å²) >= 11 is 1.70. The number of pyridine rings is 1. The molecule has 208 valence electrons. The molecule has 9 rings (SSSR count). The van der Waals surface area contributed by atoms with Crippen LogP contribution in [0.25, 0.3) is 82.2 Å². The zero-order valence-corrected chi connectivity index (χ0v) is 24.2. The second-order valence-corrected chi connectivity index (χ2v) is 11.7. The molecule has 44 heavy (non-hydrogen) atoms. The Morgan fingerprint density at radius 1 is 0.591 bits per heavy atom. The van der Waals surface area contributed by atoms with E-state index in [0.29, 0.717) is 0 Å². The second kappa shape index (κ2) is 9.93. The van der Waals surface area contributed by atoms with Crippen LogP contribution in [0.4, 0.5) is 0 Å². The molecule has 0 amide bonds. The minimum absolute atomic E-state index is 0.807. The lowest BCUT2D eigenvalue weighted by atomic mass is 10.0. The summed E-state index contributed by atoms with van der Waals surface area (Å²) < 4.78 is 15.3. The van der Waals surface area contributed by atoms with Crippen molar-refractivity contribution < 1.29 is 8.83 Å². The highest BCUT2D eigenvalue weighted by atomic mass is 32.1. The van der Waals surface area contributed by atoms with Crippen molar-refractivity contribution in [2.24, 2.45) is 0 Å². The number of furan rings is 2. The van der Waals surface area contributed by atoms with Gasteiger partial charge in [0.15, 0.2) is 0 Å². The Kier molecular flexibility index (Phi) is 5.61. The van der Waals surface area contributed by atoms with Crippen LogP contribution in [0.2, 0.25) is 0 Å². The van der Waals surface area contributed by atoms with E-state index < -0.39 is 0 Å². The summed E-state index contributed by atoms with van der Waals surface area (Å²) in [5.74, 6) is 1.64. The molecule has 4 aromatic carbocycles. The van der Waals surface area contributed by atoms with Crippen molar-refractivity contribution in [1.82, 2.24) is 14.5 Å². The molecule has 0 unspecified atom stereocenters. The lowest BCUT2D eigenvalue weighted by Gasteiger charge is -2.12. The molecule has 0 radical (unpaired) electrons. The fraction of sp³-hybridized carbons (Fsp3) is 0. The summed E-state index contributed by atoms with van der Waals surface area (Å²) in [5, 5.41) is 3.20. The fourth-order valence-electron chi connectivity index (χ4n) is 6.08. The lowest BCUT2D eigenvalue weighted by Crippen LogP contribution is -1.95. The molecule has 0 spiro atoms. The van der Waals surface area contributed by atoms with Crippen LogP contribution in [0.15, 0.2) is 149 Å². The molecule has 0 aliphatic carbocycles. The third kappa shape index (κ3) is 4.00. The number of aromatic nitrogens is 3. The van der Waals surface area contributed by atoms with E-state index in [1.807, 2.05) is 54.7 Å². The molecule has 9 aromatic rings. The van der Waals surface area contributed by atoms with Crippen LogP contribution in [0.1, 0.15) is 0 Å². The van der Waals surface area contributed by atoms with Crippen molar-refractivity contribution in [3.05, 3.63) is 140 Å². The Morgan fingerprint density at radius 3 is 2.25 bits per heavy atom. The van der Waals surface area contributed by atoms with Gasteiger partial charge in [-0.25, -0.2) is 4.98 Å². The first-order valence-corrected chi connectivity index (χ1v) is 15.2. The monoisotopic (exact) mass is 585 g/mol. The van der Waals surface area contributed by atoms with Gasteiger partial charge >= 0.3 is 0 Å². The molecule has 0 aliphatic heterocycles. The summed E-state index contributed by atoms with van der Waals surface area (Å²) in [6.07, 6.45) is 5.27. The number of hydrogen-bond acceptors (Lipinski definition) is 5. The van der Waals surface area contributed by atoms with E-state index in [0.717, 1.165) is 82.2 Å². The van der Waals surface area contributed by atoms with Gasteiger partial charge in [0.05, 0.1) is 39.5 Å². The smallest absolute Gasteiger partial charge is 0.134 e. The van der Waals surface area contributed by atoms with Gasteiger partial charge in [-0.05, 0) is 91.0 Å². The molecule has 0 fully saturated rings. The minimum Gasteiger partial charge on any atom is -0.464 e. The average Bonchev–Trinajstić information content (AvgIpc) is 3.90. The maximum absolute atomic E-state index is 6.00. The predicted octanol–water partition coefficient (Wildman–Crippen LogP) is 10.6. The highest BCUT2D eigenvalue weighted by Gasteiger charge is 2.21. The molecule has 0 saturated heterocycles. The number of para-hydroxylation sites is 1. The molecular formula is C38H23N3O2S. The van der Waals surface area contributed by atoms with Crippen molar-refractivity contribution in [3.63, 3.8) is 0 Å². The normalized spacial score (nSPS) is 11.6. The Bertz CT molecular complexity index is 2400. The standard InChI is InChI=1S/C38H23N3O2S/c1-2-14-37-32(11-1)40-38(44-37)30-23-34-28(22-29(30)36-13-7-19-43-36)27-21-25(35-12-6-18-42-35)15-16-33(27)41(34)26-9-5-8-24(20-26)31-10-3-4-17-39-31/h1-23H. The van der Waals surface area contributed by atoms with Crippen molar-refractivity contribution in [2.45, 2.75) is 0 Å². The number of benzene rings is 4. The van der Waals surface area contributed by atoms with E-state index in [4.69, 9.17) is 13.8 Å². The van der Waals surface area contributed by atoms with Gasteiger partial charge in [0, 0.05) is 44.9 Å². The first kappa shape index (κ1) is 24.8. The fourth-order valence-corrected chi connectivity index (χ4v) is 7.07. The van der Waals surface area contributed by atoms with Crippen LogP contribution in [-0.2, 0) is 0 Å². The number of fused-ring (bicyclic) bond motifs is 4. The molecule has 5 nitrogen and oxygen atoms in total. The highest BCUT2D eigenvalue weighted by Crippen LogP contribution is 2.43. The number of hydrogen-bond donors (Lipinski definition) is 0. The molecule has 0 saturated carbocycles. The van der Waals surface area contributed by atoms with Gasteiger partial charge in [-0.2, -0.15) is 0 Å². The Hall–Kier alpha value is -5.72. The first-order chi connectivity index (χ1) is 21.8. The van der Waals surface area contributed by atoms with E-state index in [-0.39, 0.29) is 0 Å². The van der Waals surface area contributed by atoms with Crippen LogP contribution in [0, 0.1) is 0 Å². The van der Waals surface area contributed by atoms with E-state index in [2.05, 4.69) is 82.3 Å². The summed E-state index contributed by atoms with van der Waals surface area (Å²) in [4.78, 5) is 9.68. The third-order valence-electron chi connectivity index (χ3n) is 8.09. The van der Waals surface area contributed by atoms with E-state index in [1.165, 1.54) is 0 Å². The largest absolute Gasteiger partial charge is 0.464 e. The van der Waals surface area contributed by atoms with Crippen LogP contribution in [0.3, 0.4) is 0 Å². The number of rotatable bonds is 5. The summed E-state index contributed by atoms with van der Waals surface area (Å²) in [6.45, 7) is 0. The highest BCUT2D eigenvalue weighted by molar-refractivity contribution is 7.21.